The Bertz CT molecular complexity index is 947. The Kier molecular flexibility index (Phi) is 7.12. The predicted molar refractivity (Wildman–Crippen MR) is 137 cm³/mol. The maximum Gasteiger partial charge on any atom is 0.251 e. The summed E-state index contributed by atoms with van der Waals surface area (Å²) in [5, 5.41) is 6.29. The van der Waals surface area contributed by atoms with Crippen LogP contribution in [0.5, 0.6) is 0 Å². The summed E-state index contributed by atoms with van der Waals surface area (Å²) in [6.07, 6.45) is 9.70. The highest BCUT2D eigenvalue weighted by molar-refractivity contribution is 5.97. The predicted octanol–water partition coefficient (Wildman–Crippen LogP) is 3.82. The highest BCUT2D eigenvalue weighted by Crippen LogP contribution is 2.54. The molecule has 1 spiro atoms. The number of benzene rings is 1. The van der Waals surface area contributed by atoms with Crippen molar-refractivity contribution in [2.75, 3.05) is 26.3 Å². The maximum atomic E-state index is 13.8. The van der Waals surface area contributed by atoms with E-state index in [1.165, 1.54) is 6.42 Å². The first kappa shape index (κ1) is 25.2. The van der Waals surface area contributed by atoms with Crippen LogP contribution in [0, 0.1) is 10.8 Å². The number of nitrogens with one attached hydrogen (secondary N) is 2. The van der Waals surface area contributed by atoms with E-state index in [2.05, 4.69) is 15.5 Å². The molecule has 2 N–H and O–H groups in total. The molecular formula is C29H41N3O4. The highest BCUT2D eigenvalue weighted by atomic mass is 16.5. The molecule has 36 heavy (non-hydrogen) atoms. The lowest BCUT2D eigenvalue weighted by molar-refractivity contribution is -0.154. The van der Waals surface area contributed by atoms with Crippen molar-refractivity contribution in [1.82, 2.24) is 15.5 Å². The average molecular weight is 496 g/mol. The fraction of sp³-hybridized carbons (Fsp3) is 0.690. The van der Waals surface area contributed by atoms with E-state index in [0.29, 0.717) is 17.9 Å². The minimum atomic E-state index is -0.550. The standard InChI is InChI=1S/C29H41N3O4/c1-2-7-23(30-24(33)22-8-4-3-5-9-22)25(34)31-29-14-11-28(12-15-29,13-16-29)26(35)32-18-6-10-27(20-32)17-19-36-21-27/h3-5,8-9,23H,2,6-7,10-21H2,1H3,(H,30,33)(H,31,34)/t23-,27?,28?,29?/m0/s1. The van der Waals surface area contributed by atoms with E-state index in [1.54, 1.807) is 12.1 Å². The summed E-state index contributed by atoms with van der Waals surface area (Å²) in [5.74, 6) is 0.0266. The molecule has 0 radical (unpaired) electrons. The molecule has 2 bridgehead atoms. The van der Waals surface area contributed by atoms with Gasteiger partial charge in [0.25, 0.3) is 5.91 Å². The molecule has 3 aliphatic carbocycles. The van der Waals surface area contributed by atoms with Gasteiger partial charge in [-0.1, -0.05) is 31.5 Å². The zero-order valence-corrected chi connectivity index (χ0v) is 21.7. The van der Waals surface area contributed by atoms with E-state index >= 15 is 0 Å². The summed E-state index contributed by atoms with van der Waals surface area (Å²) >= 11 is 0. The van der Waals surface area contributed by atoms with E-state index in [-0.39, 0.29) is 28.2 Å². The Morgan fingerprint density at radius 3 is 2.36 bits per heavy atom. The van der Waals surface area contributed by atoms with E-state index < -0.39 is 6.04 Å². The Morgan fingerprint density at radius 1 is 1.00 bits per heavy atom. The topological polar surface area (TPSA) is 87.7 Å². The van der Waals surface area contributed by atoms with Crippen LogP contribution in [0.4, 0.5) is 0 Å². The molecule has 2 heterocycles. The molecule has 196 valence electrons. The third-order valence-electron chi connectivity index (χ3n) is 9.46. The summed E-state index contributed by atoms with van der Waals surface area (Å²) in [6, 6.07) is 8.49. The molecule has 5 aliphatic rings. The van der Waals surface area contributed by atoms with Crippen molar-refractivity contribution in [3.05, 3.63) is 35.9 Å². The van der Waals surface area contributed by atoms with Crippen LogP contribution in [0.25, 0.3) is 0 Å². The Morgan fingerprint density at radius 2 is 1.72 bits per heavy atom. The second-order valence-corrected chi connectivity index (χ2v) is 11.9. The van der Waals surface area contributed by atoms with Crippen LogP contribution in [0.15, 0.2) is 30.3 Å². The molecule has 2 aliphatic heterocycles. The number of fused-ring (bicyclic) bond motifs is 3. The number of piperidine rings is 1. The first-order valence-electron chi connectivity index (χ1n) is 13.9. The van der Waals surface area contributed by atoms with Gasteiger partial charge >= 0.3 is 0 Å². The molecule has 5 fully saturated rings. The van der Waals surface area contributed by atoms with Gasteiger partial charge in [-0.05, 0) is 76.3 Å². The lowest BCUT2D eigenvalue weighted by Gasteiger charge is -2.54. The lowest BCUT2D eigenvalue weighted by Crippen LogP contribution is -2.63. The van der Waals surface area contributed by atoms with Gasteiger partial charge in [0.05, 0.1) is 6.61 Å². The molecule has 1 unspecified atom stereocenters. The molecule has 2 saturated heterocycles. The van der Waals surface area contributed by atoms with Gasteiger partial charge in [0.1, 0.15) is 6.04 Å². The van der Waals surface area contributed by atoms with Crippen molar-refractivity contribution in [2.24, 2.45) is 10.8 Å². The Hall–Kier alpha value is -2.41. The van der Waals surface area contributed by atoms with Gasteiger partial charge in [0.2, 0.25) is 11.8 Å². The fourth-order valence-corrected chi connectivity index (χ4v) is 7.12. The number of carbonyl (C=O) groups excluding carboxylic acids is 3. The van der Waals surface area contributed by atoms with Gasteiger partial charge in [-0.25, -0.2) is 0 Å². The zero-order valence-electron chi connectivity index (χ0n) is 21.7. The van der Waals surface area contributed by atoms with E-state index in [9.17, 15) is 14.4 Å². The molecule has 0 aromatic heterocycles. The summed E-state index contributed by atoms with van der Waals surface area (Å²) in [6.45, 7) is 5.34. The third-order valence-corrected chi connectivity index (χ3v) is 9.46. The van der Waals surface area contributed by atoms with E-state index in [0.717, 1.165) is 84.1 Å². The number of rotatable bonds is 7. The molecule has 3 saturated carbocycles. The molecule has 1 aromatic rings. The van der Waals surface area contributed by atoms with Crippen LogP contribution < -0.4 is 10.6 Å². The SMILES string of the molecule is CCC[C@H](NC(=O)c1ccccc1)C(=O)NC12CCC(C(=O)N3CCCC4(CCOC4)C3)(CC1)CC2. The molecule has 7 heteroatoms. The van der Waals surface area contributed by atoms with Crippen molar-refractivity contribution >= 4 is 17.7 Å². The van der Waals surface area contributed by atoms with Crippen molar-refractivity contribution in [2.45, 2.75) is 89.1 Å². The van der Waals surface area contributed by atoms with Crippen LogP contribution >= 0.6 is 0 Å². The summed E-state index contributed by atoms with van der Waals surface area (Å²) < 4.78 is 5.70. The number of hydrogen-bond donors (Lipinski definition) is 2. The Balaban J connectivity index is 1.19. The van der Waals surface area contributed by atoms with Gasteiger partial charge in [-0.2, -0.15) is 0 Å². The number of hydrogen-bond acceptors (Lipinski definition) is 4. The quantitative estimate of drug-likeness (QED) is 0.602. The first-order chi connectivity index (χ1) is 17.4. The van der Waals surface area contributed by atoms with Crippen molar-refractivity contribution in [3.63, 3.8) is 0 Å². The summed E-state index contributed by atoms with van der Waals surface area (Å²) in [4.78, 5) is 42.0. The van der Waals surface area contributed by atoms with Crippen molar-refractivity contribution in [1.29, 1.82) is 0 Å². The molecule has 7 nitrogen and oxygen atoms in total. The zero-order chi connectivity index (χ0) is 25.2. The number of nitrogens with zero attached hydrogens (tertiary/aromatic N) is 1. The van der Waals surface area contributed by atoms with Crippen LogP contribution in [0.2, 0.25) is 0 Å². The Labute approximate surface area is 214 Å². The third kappa shape index (κ3) is 4.91. The number of amides is 3. The maximum absolute atomic E-state index is 13.8. The van der Waals surface area contributed by atoms with Gasteiger partial charge in [0, 0.05) is 41.6 Å². The number of carbonyl (C=O) groups is 3. The second-order valence-electron chi connectivity index (χ2n) is 11.9. The number of likely N-dealkylation sites (tertiary alicyclic amines) is 1. The summed E-state index contributed by atoms with van der Waals surface area (Å²) in [7, 11) is 0. The number of ether oxygens (including phenoxy) is 1. The second kappa shape index (κ2) is 10.2. The molecular weight excluding hydrogens is 454 g/mol. The normalized spacial score (nSPS) is 32.3. The minimum absolute atomic E-state index is 0.0962. The lowest BCUT2D eigenvalue weighted by atomic mass is 9.56. The average Bonchev–Trinajstić information content (AvgIpc) is 3.36. The fourth-order valence-electron chi connectivity index (χ4n) is 7.12. The first-order valence-corrected chi connectivity index (χ1v) is 13.9. The molecule has 1 aromatic carbocycles. The van der Waals surface area contributed by atoms with Gasteiger partial charge < -0.3 is 20.3 Å². The monoisotopic (exact) mass is 495 g/mol. The van der Waals surface area contributed by atoms with Crippen molar-refractivity contribution in [3.8, 4) is 0 Å². The van der Waals surface area contributed by atoms with Crippen molar-refractivity contribution < 1.29 is 19.1 Å². The van der Waals surface area contributed by atoms with E-state index in [1.807, 2.05) is 25.1 Å². The van der Waals surface area contributed by atoms with E-state index in [4.69, 9.17) is 4.74 Å². The largest absolute Gasteiger partial charge is 0.381 e. The molecule has 6 rings (SSSR count). The van der Waals surface area contributed by atoms with Gasteiger partial charge in [-0.15, -0.1) is 0 Å². The van der Waals surface area contributed by atoms with Crippen LogP contribution in [-0.2, 0) is 14.3 Å². The van der Waals surface area contributed by atoms with Gasteiger partial charge in [-0.3, -0.25) is 14.4 Å². The summed E-state index contributed by atoms with van der Waals surface area (Å²) in [5.41, 5.74) is 0.205. The minimum Gasteiger partial charge on any atom is -0.381 e. The van der Waals surface area contributed by atoms with Gasteiger partial charge in [0.15, 0.2) is 0 Å². The van der Waals surface area contributed by atoms with Crippen LogP contribution in [-0.4, -0.2) is 60.5 Å². The molecule has 2 atom stereocenters. The van der Waals surface area contributed by atoms with Crippen LogP contribution in [0.1, 0.15) is 87.9 Å². The highest BCUT2D eigenvalue weighted by Gasteiger charge is 2.55. The van der Waals surface area contributed by atoms with Crippen LogP contribution in [0.3, 0.4) is 0 Å². The smallest absolute Gasteiger partial charge is 0.251 e. The molecule has 3 amide bonds.